The van der Waals surface area contributed by atoms with Crippen molar-refractivity contribution in [2.45, 2.75) is 57.5 Å². The first kappa shape index (κ1) is 23.1. The summed E-state index contributed by atoms with van der Waals surface area (Å²) in [6, 6.07) is 0. The van der Waals surface area contributed by atoms with Gasteiger partial charge in [-0.2, -0.15) is 0 Å². The van der Waals surface area contributed by atoms with Crippen LogP contribution in [0.4, 0.5) is 0 Å². The highest BCUT2D eigenvalue weighted by Crippen LogP contribution is 2.06. The standard InChI is InChI=1S/C17H39N5O2/c1-20-17(19)21-11-7-3-5-9-13-22(14-16(24)15-23)12-8-4-2-6-10-18/h16,23-24H,2-15,18H2,1H3,(H3,19,20,21)/p+1. The highest BCUT2D eigenvalue weighted by atomic mass is 16.3. The highest BCUT2D eigenvalue weighted by molar-refractivity contribution is 5.71. The van der Waals surface area contributed by atoms with Gasteiger partial charge in [-0.15, -0.1) is 0 Å². The van der Waals surface area contributed by atoms with Gasteiger partial charge in [0.2, 0.25) is 0 Å². The van der Waals surface area contributed by atoms with E-state index >= 15 is 0 Å². The normalized spacial score (nSPS) is 13.5. The van der Waals surface area contributed by atoms with E-state index in [9.17, 15) is 5.11 Å². The summed E-state index contributed by atoms with van der Waals surface area (Å²) in [5.74, 6) is 0.619. The molecule has 8 N–H and O–H groups in total. The number of guanidine groups is 1. The van der Waals surface area contributed by atoms with Gasteiger partial charge in [0.15, 0.2) is 0 Å². The van der Waals surface area contributed by atoms with Crippen molar-refractivity contribution in [3.05, 3.63) is 0 Å². The topological polar surface area (TPSA) is 122 Å². The average molecular weight is 347 g/mol. The van der Waals surface area contributed by atoms with Crippen LogP contribution in [-0.4, -0.2) is 73.6 Å². The molecule has 1 atom stereocenters. The van der Waals surface area contributed by atoms with Crippen LogP contribution < -0.4 is 21.8 Å². The maximum atomic E-state index is 9.68. The van der Waals surface area contributed by atoms with Gasteiger partial charge in [0.05, 0.1) is 26.3 Å². The van der Waals surface area contributed by atoms with Crippen molar-refractivity contribution in [3.63, 3.8) is 0 Å². The lowest BCUT2D eigenvalue weighted by Gasteiger charge is -2.24. The Labute approximate surface area is 147 Å². The summed E-state index contributed by atoms with van der Waals surface area (Å²) >= 11 is 0. The molecule has 0 rings (SSSR count). The van der Waals surface area contributed by atoms with Crippen LogP contribution >= 0.6 is 0 Å². The van der Waals surface area contributed by atoms with Gasteiger partial charge in [-0.25, -0.2) is 0 Å². The van der Waals surface area contributed by atoms with E-state index in [-0.39, 0.29) is 6.61 Å². The van der Waals surface area contributed by atoms with Crippen LogP contribution in [0.15, 0.2) is 0 Å². The van der Waals surface area contributed by atoms with E-state index in [0.717, 1.165) is 58.3 Å². The summed E-state index contributed by atoms with van der Waals surface area (Å²) in [5, 5.41) is 21.8. The molecule has 0 aliphatic rings. The van der Waals surface area contributed by atoms with Crippen LogP contribution in [0.5, 0.6) is 0 Å². The van der Waals surface area contributed by atoms with Gasteiger partial charge in [0.1, 0.15) is 0 Å². The summed E-state index contributed by atoms with van der Waals surface area (Å²) in [5.41, 5.74) is 11.1. The lowest BCUT2D eigenvalue weighted by molar-refractivity contribution is -0.423. The van der Waals surface area contributed by atoms with Crippen molar-refractivity contribution in [2.75, 3.05) is 46.4 Å². The number of nitrogens with two attached hydrogens (primary N) is 2. The molecule has 0 aliphatic carbocycles. The molecular weight excluding hydrogens is 306 g/mol. The Bertz CT molecular complexity index is 303. The molecule has 144 valence electrons. The van der Waals surface area contributed by atoms with Crippen molar-refractivity contribution >= 4 is 5.96 Å². The molecule has 0 amide bonds. The highest BCUT2D eigenvalue weighted by Gasteiger charge is 2.10. The van der Waals surface area contributed by atoms with Gasteiger partial charge >= 0.3 is 5.96 Å². The molecule has 7 heteroatoms. The fraction of sp³-hybridized carbons (Fsp3) is 0.941. The first-order valence-corrected chi connectivity index (χ1v) is 9.39. The smallest absolute Gasteiger partial charge is 0.340 e. The lowest BCUT2D eigenvalue weighted by Crippen LogP contribution is -2.74. The zero-order valence-corrected chi connectivity index (χ0v) is 15.5. The monoisotopic (exact) mass is 346 g/mol. The Hall–Kier alpha value is -0.890. The Morgan fingerprint density at radius 3 is 2.17 bits per heavy atom. The minimum Gasteiger partial charge on any atom is -0.394 e. The Morgan fingerprint density at radius 1 is 1.04 bits per heavy atom. The number of hydrogen-bond acceptors (Lipinski definition) is 4. The second-order valence-corrected chi connectivity index (χ2v) is 6.34. The second-order valence-electron chi connectivity index (χ2n) is 6.34. The van der Waals surface area contributed by atoms with E-state index in [4.69, 9.17) is 16.6 Å². The van der Waals surface area contributed by atoms with E-state index in [1.807, 2.05) is 0 Å². The fourth-order valence-electron chi connectivity index (χ4n) is 2.61. The predicted octanol–water partition coefficient (Wildman–Crippen LogP) is -1.66. The van der Waals surface area contributed by atoms with Crippen molar-refractivity contribution in [2.24, 2.45) is 11.5 Å². The molecule has 0 aromatic rings. The largest absolute Gasteiger partial charge is 0.394 e. The second kappa shape index (κ2) is 17.0. The van der Waals surface area contributed by atoms with Gasteiger partial charge in [-0.05, 0) is 45.3 Å². The van der Waals surface area contributed by atoms with Crippen LogP contribution in [0, 0.1) is 0 Å². The number of aliphatic hydroxyl groups excluding tert-OH is 2. The maximum absolute atomic E-state index is 9.68. The molecule has 0 fully saturated rings. The first-order valence-electron chi connectivity index (χ1n) is 9.39. The van der Waals surface area contributed by atoms with E-state index < -0.39 is 6.10 Å². The van der Waals surface area contributed by atoms with Gasteiger partial charge in [0, 0.05) is 6.54 Å². The lowest BCUT2D eigenvalue weighted by atomic mass is 10.1. The number of unbranched alkanes of at least 4 members (excludes halogenated alkanes) is 6. The molecule has 0 bridgehead atoms. The minimum atomic E-state index is -0.640. The molecule has 0 spiro atoms. The quantitative estimate of drug-likeness (QED) is 0.113. The Morgan fingerprint density at radius 2 is 1.62 bits per heavy atom. The fourth-order valence-corrected chi connectivity index (χ4v) is 2.61. The van der Waals surface area contributed by atoms with Crippen molar-refractivity contribution in [3.8, 4) is 0 Å². The summed E-state index contributed by atoms with van der Waals surface area (Å²) in [6.07, 6.45) is 8.47. The number of nitrogens with zero attached hydrogens (tertiary/aromatic N) is 1. The summed E-state index contributed by atoms with van der Waals surface area (Å²) in [7, 11) is 1.80. The SMILES string of the molecule is C[NH+]=C(N)NCCCCCCN(CCCCCCN)CC(O)CO. The predicted molar refractivity (Wildman–Crippen MR) is 99.6 cm³/mol. The van der Waals surface area contributed by atoms with Gasteiger partial charge in [-0.3, -0.25) is 16.0 Å². The Balaban J connectivity index is 3.78. The zero-order chi connectivity index (χ0) is 18.0. The van der Waals surface area contributed by atoms with Crippen LogP contribution in [0.25, 0.3) is 0 Å². The van der Waals surface area contributed by atoms with Crippen molar-refractivity contribution in [1.29, 1.82) is 0 Å². The molecule has 0 aromatic carbocycles. The minimum absolute atomic E-state index is 0.168. The maximum Gasteiger partial charge on any atom is 0.340 e. The van der Waals surface area contributed by atoms with Crippen LogP contribution in [-0.2, 0) is 0 Å². The van der Waals surface area contributed by atoms with Crippen LogP contribution in [0.2, 0.25) is 0 Å². The molecular formula is C17H40N5O2+. The van der Waals surface area contributed by atoms with Gasteiger partial charge < -0.3 is 20.8 Å². The zero-order valence-electron chi connectivity index (χ0n) is 15.5. The number of rotatable bonds is 16. The molecule has 0 saturated heterocycles. The van der Waals surface area contributed by atoms with Crippen molar-refractivity contribution < 1.29 is 15.2 Å². The molecule has 0 heterocycles. The number of nitrogens with one attached hydrogen (secondary N) is 2. The van der Waals surface area contributed by atoms with E-state index in [1.165, 1.54) is 19.3 Å². The van der Waals surface area contributed by atoms with Gasteiger partial charge in [-0.1, -0.05) is 25.7 Å². The summed E-state index contributed by atoms with van der Waals surface area (Å²) in [6.45, 7) is 4.00. The molecule has 0 aromatic heterocycles. The van der Waals surface area contributed by atoms with Crippen LogP contribution in [0.1, 0.15) is 51.4 Å². The van der Waals surface area contributed by atoms with E-state index in [2.05, 4.69) is 15.2 Å². The third kappa shape index (κ3) is 14.7. The molecule has 0 saturated carbocycles. The molecule has 7 nitrogen and oxygen atoms in total. The Kier molecular flexibility index (Phi) is 16.3. The van der Waals surface area contributed by atoms with Crippen molar-refractivity contribution in [1.82, 2.24) is 10.2 Å². The van der Waals surface area contributed by atoms with Gasteiger partial charge in [0.25, 0.3) is 0 Å². The van der Waals surface area contributed by atoms with E-state index in [1.54, 1.807) is 7.05 Å². The van der Waals surface area contributed by atoms with E-state index in [0.29, 0.717) is 12.5 Å². The molecule has 0 aliphatic heterocycles. The molecule has 0 radical (unpaired) electrons. The van der Waals surface area contributed by atoms with Crippen LogP contribution in [0.3, 0.4) is 0 Å². The summed E-state index contributed by atoms with van der Waals surface area (Å²) in [4.78, 5) is 5.14. The summed E-state index contributed by atoms with van der Waals surface area (Å²) < 4.78 is 0. The molecule has 1 unspecified atom stereocenters. The average Bonchev–Trinajstić information content (AvgIpc) is 2.59. The third-order valence-electron chi connectivity index (χ3n) is 4.09. The first-order chi connectivity index (χ1) is 11.6. The third-order valence-corrected chi connectivity index (χ3v) is 4.09. The number of hydrogen-bond donors (Lipinski definition) is 6. The molecule has 24 heavy (non-hydrogen) atoms. The number of aliphatic hydroxyl groups is 2.